The molecule has 7 nitrogen and oxygen atoms in total. The predicted octanol–water partition coefficient (Wildman–Crippen LogP) is 1.97. The zero-order valence-electron chi connectivity index (χ0n) is 15.8. The van der Waals surface area contributed by atoms with E-state index in [0.717, 1.165) is 43.2 Å². The molecule has 2 aliphatic rings. The molecule has 148 valence electrons. The van der Waals surface area contributed by atoms with E-state index in [1.807, 2.05) is 36.4 Å². The van der Waals surface area contributed by atoms with Crippen LogP contribution < -0.4 is 25.4 Å². The molecule has 4 rings (SSSR count). The Labute approximate surface area is 164 Å². The van der Waals surface area contributed by atoms with Gasteiger partial charge in [-0.05, 0) is 37.1 Å². The Morgan fingerprint density at radius 2 is 1.96 bits per heavy atom. The molecule has 28 heavy (non-hydrogen) atoms. The molecule has 0 aliphatic carbocycles. The number of rotatable bonds is 5. The maximum Gasteiger partial charge on any atom is 0.252 e. The molecule has 1 aromatic carbocycles. The Morgan fingerprint density at radius 1 is 1.18 bits per heavy atom. The predicted molar refractivity (Wildman–Crippen MR) is 107 cm³/mol. The van der Waals surface area contributed by atoms with Gasteiger partial charge >= 0.3 is 0 Å². The number of hydrogen-bond acceptors (Lipinski definition) is 6. The highest BCUT2D eigenvalue weighted by atomic mass is 16.6. The Kier molecular flexibility index (Phi) is 5.62. The zero-order chi connectivity index (χ0) is 19.3. The van der Waals surface area contributed by atoms with Crippen LogP contribution in [-0.2, 0) is 0 Å². The van der Waals surface area contributed by atoms with Gasteiger partial charge in [0.15, 0.2) is 11.5 Å². The Bertz CT molecular complexity index is 804. The van der Waals surface area contributed by atoms with Gasteiger partial charge in [0, 0.05) is 38.3 Å². The van der Waals surface area contributed by atoms with Crippen LogP contribution in [-0.4, -0.2) is 49.3 Å². The average molecular weight is 382 g/mol. The first-order valence-electron chi connectivity index (χ1n) is 9.82. The lowest BCUT2D eigenvalue weighted by molar-refractivity contribution is 0.0812. The van der Waals surface area contributed by atoms with Crippen molar-refractivity contribution in [2.24, 2.45) is 5.73 Å². The van der Waals surface area contributed by atoms with Crippen molar-refractivity contribution in [2.45, 2.75) is 31.4 Å². The summed E-state index contributed by atoms with van der Waals surface area (Å²) in [6, 6.07) is 11.6. The van der Waals surface area contributed by atoms with Crippen LogP contribution in [0.3, 0.4) is 0 Å². The molecule has 7 heteroatoms. The number of fused-ring (bicyclic) bond motifs is 1. The first-order valence-corrected chi connectivity index (χ1v) is 9.82. The molecule has 2 aliphatic heterocycles. The van der Waals surface area contributed by atoms with Gasteiger partial charge in [-0.2, -0.15) is 0 Å². The molecular formula is C21H26N4O3. The second kappa shape index (κ2) is 8.48. The molecule has 0 spiro atoms. The largest absolute Gasteiger partial charge is 0.486 e. The summed E-state index contributed by atoms with van der Waals surface area (Å²) in [5.74, 6) is 2.29. The molecular weight excluding hydrogens is 356 g/mol. The van der Waals surface area contributed by atoms with E-state index in [4.69, 9.17) is 15.2 Å². The molecule has 1 aromatic heterocycles. The van der Waals surface area contributed by atoms with Gasteiger partial charge in [0.1, 0.15) is 18.5 Å². The molecule has 0 unspecified atom stereocenters. The number of benzene rings is 1. The van der Waals surface area contributed by atoms with Gasteiger partial charge in [-0.3, -0.25) is 4.79 Å². The fourth-order valence-corrected chi connectivity index (χ4v) is 3.49. The smallest absolute Gasteiger partial charge is 0.252 e. The van der Waals surface area contributed by atoms with Crippen molar-refractivity contribution >= 4 is 11.7 Å². The second-order valence-electron chi connectivity index (χ2n) is 7.27. The van der Waals surface area contributed by atoms with E-state index in [9.17, 15) is 4.79 Å². The van der Waals surface area contributed by atoms with Gasteiger partial charge in [-0.15, -0.1) is 0 Å². The lowest BCUT2D eigenvalue weighted by Crippen LogP contribution is -2.40. The van der Waals surface area contributed by atoms with E-state index in [2.05, 4.69) is 15.2 Å². The number of hydrogen-bond donors (Lipinski definition) is 2. The summed E-state index contributed by atoms with van der Waals surface area (Å²) in [4.78, 5) is 19.0. The SMILES string of the molecule is NC1CCN(c2ccc(C(=O)NCC[C@@H]3COc4ccccc4O3)cn2)CC1. The minimum atomic E-state index is -0.128. The van der Waals surface area contributed by atoms with Crippen LogP contribution in [0.4, 0.5) is 5.82 Å². The summed E-state index contributed by atoms with van der Waals surface area (Å²) < 4.78 is 11.6. The third-order valence-corrected chi connectivity index (χ3v) is 5.19. The Morgan fingerprint density at radius 3 is 2.71 bits per heavy atom. The van der Waals surface area contributed by atoms with Crippen LogP contribution in [0.2, 0.25) is 0 Å². The number of anilines is 1. The number of pyridine rings is 1. The molecule has 0 radical (unpaired) electrons. The molecule has 3 N–H and O–H groups in total. The zero-order valence-corrected chi connectivity index (χ0v) is 15.8. The van der Waals surface area contributed by atoms with Crippen LogP contribution in [0.5, 0.6) is 11.5 Å². The van der Waals surface area contributed by atoms with Crippen LogP contribution >= 0.6 is 0 Å². The number of carbonyl (C=O) groups is 1. The number of nitrogens with two attached hydrogens (primary N) is 1. The minimum Gasteiger partial charge on any atom is -0.486 e. The fraction of sp³-hybridized carbons (Fsp3) is 0.429. The molecule has 0 saturated carbocycles. The summed E-state index contributed by atoms with van der Waals surface area (Å²) in [5, 5.41) is 2.93. The standard InChI is InChI=1S/C21H26N4O3/c22-16-8-11-25(12-9-16)20-6-5-15(13-24-20)21(26)23-10-7-17-14-27-18-3-1-2-4-19(18)28-17/h1-6,13,16-17H,7-12,14,22H2,(H,23,26)/t17-/m1/s1. The van der Waals surface area contributed by atoms with E-state index in [1.54, 1.807) is 6.20 Å². The molecule has 1 amide bonds. The maximum atomic E-state index is 12.4. The van der Waals surface area contributed by atoms with Crippen molar-refractivity contribution < 1.29 is 14.3 Å². The van der Waals surface area contributed by atoms with Gasteiger partial charge in [0.25, 0.3) is 5.91 Å². The molecule has 3 heterocycles. The highest BCUT2D eigenvalue weighted by molar-refractivity contribution is 5.94. The molecule has 1 fully saturated rings. The van der Waals surface area contributed by atoms with E-state index >= 15 is 0 Å². The topological polar surface area (TPSA) is 89.7 Å². The van der Waals surface area contributed by atoms with Crippen molar-refractivity contribution in [3.63, 3.8) is 0 Å². The van der Waals surface area contributed by atoms with Gasteiger partial charge in [-0.25, -0.2) is 4.98 Å². The number of amides is 1. The number of nitrogens with zero attached hydrogens (tertiary/aromatic N) is 2. The van der Waals surface area contributed by atoms with Crippen LogP contribution in [0, 0.1) is 0 Å². The van der Waals surface area contributed by atoms with E-state index < -0.39 is 0 Å². The quantitative estimate of drug-likeness (QED) is 0.822. The lowest BCUT2D eigenvalue weighted by atomic mass is 10.1. The number of aromatic nitrogens is 1. The van der Waals surface area contributed by atoms with Gasteiger partial charge in [0.2, 0.25) is 0 Å². The average Bonchev–Trinajstić information content (AvgIpc) is 2.74. The highest BCUT2D eigenvalue weighted by Crippen LogP contribution is 2.31. The van der Waals surface area contributed by atoms with Gasteiger partial charge in [0.05, 0.1) is 5.56 Å². The van der Waals surface area contributed by atoms with Gasteiger partial charge < -0.3 is 25.4 Å². The first kappa shape index (κ1) is 18.6. The summed E-state index contributed by atoms with van der Waals surface area (Å²) >= 11 is 0. The van der Waals surface area contributed by atoms with Crippen molar-refractivity contribution in [3.05, 3.63) is 48.2 Å². The summed E-state index contributed by atoms with van der Waals surface area (Å²) in [6.45, 7) is 2.82. The van der Waals surface area contributed by atoms with E-state index in [0.29, 0.717) is 25.1 Å². The number of carbonyl (C=O) groups excluding carboxylic acids is 1. The van der Waals surface area contributed by atoms with Crippen molar-refractivity contribution in [2.75, 3.05) is 31.1 Å². The normalized spacial score (nSPS) is 19.3. The van der Waals surface area contributed by atoms with Crippen molar-refractivity contribution in [1.82, 2.24) is 10.3 Å². The monoisotopic (exact) mass is 382 g/mol. The molecule has 0 bridgehead atoms. The lowest BCUT2D eigenvalue weighted by Gasteiger charge is -2.31. The van der Waals surface area contributed by atoms with Crippen LogP contribution in [0.15, 0.2) is 42.6 Å². The summed E-state index contributed by atoms with van der Waals surface area (Å²) in [7, 11) is 0. The number of para-hydroxylation sites is 2. The van der Waals surface area contributed by atoms with Crippen molar-refractivity contribution in [1.29, 1.82) is 0 Å². The fourth-order valence-electron chi connectivity index (χ4n) is 3.49. The Balaban J connectivity index is 1.24. The minimum absolute atomic E-state index is 0.0684. The third kappa shape index (κ3) is 4.36. The summed E-state index contributed by atoms with van der Waals surface area (Å²) in [6.07, 6.45) is 4.19. The third-order valence-electron chi connectivity index (χ3n) is 5.19. The highest BCUT2D eigenvalue weighted by Gasteiger charge is 2.21. The Hall–Kier alpha value is -2.80. The summed E-state index contributed by atoms with van der Waals surface area (Å²) in [5.41, 5.74) is 6.50. The molecule has 2 aromatic rings. The second-order valence-corrected chi connectivity index (χ2v) is 7.27. The molecule has 1 saturated heterocycles. The van der Waals surface area contributed by atoms with Gasteiger partial charge in [-0.1, -0.05) is 12.1 Å². The molecule has 1 atom stereocenters. The number of piperidine rings is 1. The van der Waals surface area contributed by atoms with E-state index in [1.165, 1.54) is 0 Å². The van der Waals surface area contributed by atoms with Crippen LogP contribution in [0.25, 0.3) is 0 Å². The maximum absolute atomic E-state index is 12.4. The van der Waals surface area contributed by atoms with Crippen molar-refractivity contribution in [3.8, 4) is 11.5 Å². The van der Waals surface area contributed by atoms with E-state index in [-0.39, 0.29) is 18.1 Å². The number of nitrogens with one attached hydrogen (secondary N) is 1. The van der Waals surface area contributed by atoms with Crippen LogP contribution in [0.1, 0.15) is 29.6 Å². The number of ether oxygens (including phenoxy) is 2. The first-order chi connectivity index (χ1) is 13.7.